The van der Waals surface area contributed by atoms with E-state index in [0.717, 1.165) is 10.4 Å². The standard InChI is InChI=1S/C18H13N3O3/c19-11-16-12-21(24-18(22)15-9-5-2-6-10-15)20-17(16)23-13-14-7-3-1-4-8-14/h1-10,12H,13H2. The number of ether oxygens (including phenoxy) is 1. The summed E-state index contributed by atoms with van der Waals surface area (Å²) < 4.78 is 5.54. The van der Waals surface area contributed by atoms with E-state index in [9.17, 15) is 4.79 Å². The number of carbonyl (C=O) groups is 1. The van der Waals surface area contributed by atoms with Gasteiger partial charge in [0, 0.05) is 0 Å². The Hall–Kier alpha value is -3.59. The van der Waals surface area contributed by atoms with Gasteiger partial charge >= 0.3 is 5.97 Å². The molecule has 0 aliphatic heterocycles. The summed E-state index contributed by atoms with van der Waals surface area (Å²) in [4.78, 5) is 18.0. The largest absolute Gasteiger partial charge is 0.471 e. The molecule has 0 fully saturated rings. The molecule has 0 aliphatic carbocycles. The number of rotatable bonds is 5. The molecule has 3 aromatic rings. The molecule has 0 amide bonds. The number of hydrogen-bond acceptors (Lipinski definition) is 5. The van der Waals surface area contributed by atoms with E-state index in [0.29, 0.717) is 5.56 Å². The van der Waals surface area contributed by atoms with Gasteiger partial charge in [0.1, 0.15) is 18.2 Å². The van der Waals surface area contributed by atoms with Crippen molar-refractivity contribution in [3.05, 3.63) is 83.6 Å². The molecule has 0 spiro atoms. The minimum Gasteiger partial charge on any atom is -0.471 e. The molecule has 0 saturated carbocycles. The fourth-order valence-corrected chi connectivity index (χ4v) is 2.01. The van der Waals surface area contributed by atoms with Crippen molar-refractivity contribution in [3.8, 4) is 11.9 Å². The molecule has 2 aromatic carbocycles. The van der Waals surface area contributed by atoms with E-state index in [-0.39, 0.29) is 18.1 Å². The average Bonchev–Trinajstić information content (AvgIpc) is 3.03. The number of nitriles is 1. The molecule has 3 rings (SSSR count). The van der Waals surface area contributed by atoms with Crippen LogP contribution in [0.1, 0.15) is 21.5 Å². The molecular formula is C18H13N3O3. The zero-order valence-electron chi connectivity index (χ0n) is 12.6. The zero-order valence-corrected chi connectivity index (χ0v) is 12.6. The number of aromatic nitrogens is 2. The molecule has 0 bridgehead atoms. The summed E-state index contributed by atoms with van der Waals surface area (Å²) in [7, 11) is 0. The van der Waals surface area contributed by atoms with E-state index in [1.807, 2.05) is 36.4 Å². The van der Waals surface area contributed by atoms with Gasteiger partial charge in [0.05, 0.1) is 11.8 Å². The summed E-state index contributed by atoms with van der Waals surface area (Å²) in [5.74, 6) is -0.459. The van der Waals surface area contributed by atoms with Crippen LogP contribution in [-0.4, -0.2) is 15.9 Å². The van der Waals surface area contributed by atoms with Gasteiger partial charge in [0.25, 0.3) is 5.88 Å². The molecular weight excluding hydrogens is 306 g/mol. The third-order valence-electron chi connectivity index (χ3n) is 3.18. The normalized spacial score (nSPS) is 9.96. The highest BCUT2D eigenvalue weighted by Crippen LogP contribution is 2.16. The molecule has 0 radical (unpaired) electrons. The quantitative estimate of drug-likeness (QED) is 0.722. The smallest absolute Gasteiger partial charge is 0.365 e. The fourth-order valence-electron chi connectivity index (χ4n) is 2.01. The van der Waals surface area contributed by atoms with Crippen LogP contribution in [0.5, 0.6) is 5.88 Å². The van der Waals surface area contributed by atoms with Crippen LogP contribution in [-0.2, 0) is 6.61 Å². The van der Waals surface area contributed by atoms with E-state index in [1.54, 1.807) is 30.3 Å². The number of hydrogen-bond donors (Lipinski definition) is 0. The summed E-state index contributed by atoms with van der Waals surface area (Å²) in [6, 6.07) is 20.0. The maximum atomic E-state index is 12.0. The van der Waals surface area contributed by atoms with Gasteiger partial charge in [-0.1, -0.05) is 58.5 Å². The van der Waals surface area contributed by atoms with E-state index < -0.39 is 5.97 Å². The van der Waals surface area contributed by atoms with Gasteiger partial charge in [-0.25, -0.2) is 4.79 Å². The van der Waals surface area contributed by atoms with Crippen molar-refractivity contribution < 1.29 is 14.4 Å². The molecule has 0 saturated heterocycles. The number of nitrogens with zero attached hydrogens (tertiary/aromatic N) is 3. The van der Waals surface area contributed by atoms with Gasteiger partial charge in [0.15, 0.2) is 0 Å². The monoisotopic (exact) mass is 319 g/mol. The maximum absolute atomic E-state index is 12.0. The summed E-state index contributed by atoms with van der Waals surface area (Å²) in [6.07, 6.45) is 1.31. The zero-order chi connectivity index (χ0) is 16.8. The molecule has 6 heteroatoms. The molecule has 1 aromatic heterocycles. The van der Waals surface area contributed by atoms with Crippen molar-refractivity contribution in [1.29, 1.82) is 5.26 Å². The molecule has 24 heavy (non-hydrogen) atoms. The Bertz CT molecular complexity index is 868. The number of carbonyl (C=O) groups excluding carboxylic acids is 1. The van der Waals surface area contributed by atoms with E-state index in [4.69, 9.17) is 14.8 Å². The van der Waals surface area contributed by atoms with Gasteiger partial charge in [-0.2, -0.15) is 5.26 Å². The van der Waals surface area contributed by atoms with Crippen LogP contribution in [0.25, 0.3) is 0 Å². The lowest BCUT2D eigenvalue weighted by Gasteiger charge is -2.03. The molecule has 0 atom stereocenters. The molecule has 1 heterocycles. The van der Waals surface area contributed by atoms with E-state index >= 15 is 0 Å². The SMILES string of the molecule is N#Cc1cn(OC(=O)c2ccccc2)nc1OCc1ccccc1. The van der Waals surface area contributed by atoms with Gasteiger partial charge in [-0.05, 0) is 17.7 Å². The Morgan fingerprint density at radius 3 is 2.42 bits per heavy atom. The predicted octanol–water partition coefficient (Wildman–Crippen LogP) is 2.60. The van der Waals surface area contributed by atoms with Crippen LogP contribution in [0.4, 0.5) is 0 Å². The van der Waals surface area contributed by atoms with Crippen LogP contribution in [0.2, 0.25) is 0 Å². The van der Waals surface area contributed by atoms with Crippen LogP contribution in [0, 0.1) is 11.3 Å². The van der Waals surface area contributed by atoms with Crippen LogP contribution < -0.4 is 9.57 Å². The van der Waals surface area contributed by atoms with Crippen molar-refractivity contribution in [1.82, 2.24) is 9.94 Å². The van der Waals surface area contributed by atoms with Gasteiger partial charge in [-0.15, -0.1) is 0 Å². The Morgan fingerprint density at radius 2 is 1.75 bits per heavy atom. The highest BCUT2D eigenvalue weighted by molar-refractivity contribution is 5.89. The molecule has 0 unspecified atom stereocenters. The Balaban J connectivity index is 1.71. The summed E-state index contributed by atoms with van der Waals surface area (Å²) in [5.41, 5.74) is 1.52. The van der Waals surface area contributed by atoms with Crippen molar-refractivity contribution in [2.45, 2.75) is 6.61 Å². The van der Waals surface area contributed by atoms with E-state index in [2.05, 4.69) is 5.10 Å². The first-order valence-electron chi connectivity index (χ1n) is 7.20. The van der Waals surface area contributed by atoms with Crippen LogP contribution in [0.3, 0.4) is 0 Å². The molecule has 0 N–H and O–H groups in total. The first-order valence-corrected chi connectivity index (χ1v) is 7.20. The van der Waals surface area contributed by atoms with Crippen molar-refractivity contribution >= 4 is 5.97 Å². The Kier molecular flexibility index (Phi) is 4.54. The second-order valence-electron chi connectivity index (χ2n) is 4.88. The van der Waals surface area contributed by atoms with Gasteiger partial charge in [-0.3, -0.25) is 0 Å². The average molecular weight is 319 g/mol. The van der Waals surface area contributed by atoms with E-state index in [1.165, 1.54) is 6.20 Å². The third kappa shape index (κ3) is 3.59. The van der Waals surface area contributed by atoms with Gasteiger partial charge in [0.2, 0.25) is 0 Å². The lowest BCUT2D eigenvalue weighted by atomic mass is 10.2. The predicted molar refractivity (Wildman–Crippen MR) is 85.1 cm³/mol. The molecule has 0 aliphatic rings. The molecule has 6 nitrogen and oxygen atoms in total. The summed E-state index contributed by atoms with van der Waals surface area (Å²) >= 11 is 0. The van der Waals surface area contributed by atoms with Gasteiger partial charge < -0.3 is 9.57 Å². The van der Waals surface area contributed by atoms with Crippen LogP contribution in [0.15, 0.2) is 66.9 Å². The topological polar surface area (TPSA) is 77.1 Å². The molecule has 118 valence electrons. The summed E-state index contributed by atoms with van der Waals surface area (Å²) in [6.45, 7) is 0.263. The lowest BCUT2D eigenvalue weighted by Crippen LogP contribution is -2.20. The minimum atomic E-state index is -0.572. The second kappa shape index (κ2) is 7.11. The van der Waals surface area contributed by atoms with Crippen LogP contribution >= 0.6 is 0 Å². The highest BCUT2D eigenvalue weighted by Gasteiger charge is 2.14. The lowest BCUT2D eigenvalue weighted by molar-refractivity contribution is 0.0387. The summed E-state index contributed by atoms with van der Waals surface area (Å²) in [5, 5.41) is 13.1. The Morgan fingerprint density at radius 1 is 1.08 bits per heavy atom. The first kappa shape index (κ1) is 15.3. The second-order valence-corrected chi connectivity index (χ2v) is 4.88. The highest BCUT2D eigenvalue weighted by atomic mass is 16.7. The van der Waals surface area contributed by atoms with Crippen molar-refractivity contribution in [2.75, 3.05) is 0 Å². The maximum Gasteiger partial charge on any atom is 0.365 e. The minimum absolute atomic E-state index is 0.113. The first-order chi connectivity index (χ1) is 11.8. The Labute approximate surface area is 138 Å². The number of benzene rings is 2. The van der Waals surface area contributed by atoms with Crippen molar-refractivity contribution in [3.63, 3.8) is 0 Å². The van der Waals surface area contributed by atoms with Crippen molar-refractivity contribution in [2.24, 2.45) is 0 Å². The third-order valence-corrected chi connectivity index (χ3v) is 3.18. The fraction of sp³-hybridized carbons (Fsp3) is 0.0556.